The van der Waals surface area contributed by atoms with Gasteiger partial charge in [-0.3, -0.25) is 14.4 Å². The highest BCUT2D eigenvalue weighted by Crippen LogP contribution is 2.23. The summed E-state index contributed by atoms with van der Waals surface area (Å²) in [4.78, 5) is 35.7. The second-order valence-corrected chi connectivity index (χ2v) is 9.45. The zero-order valence-electron chi connectivity index (χ0n) is 18.0. The van der Waals surface area contributed by atoms with Gasteiger partial charge >= 0.3 is 5.97 Å². The molecular formula is C23H26N2O6S. The number of esters is 1. The highest BCUT2D eigenvalue weighted by atomic mass is 32.2. The molecule has 8 nitrogen and oxygen atoms in total. The lowest BCUT2D eigenvalue weighted by Crippen LogP contribution is -2.29. The number of anilines is 1. The zero-order chi connectivity index (χ0) is 23.3. The van der Waals surface area contributed by atoms with Crippen molar-refractivity contribution >= 4 is 33.4 Å². The molecule has 2 N–H and O–H groups in total. The summed E-state index contributed by atoms with van der Waals surface area (Å²) in [6, 6.07) is 11.2. The van der Waals surface area contributed by atoms with Gasteiger partial charge in [-0.1, -0.05) is 12.1 Å². The van der Waals surface area contributed by atoms with Crippen LogP contribution in [0.5, 0.6) is 0 Å². The van der Waals surface area contributed by atoms with Gasteiger partial charge in [0.25, 0.3) is 0 Å². The summed E-state index contributed by atoms with van der Waals surface area (Å²) in [6.07, 6.45) is 1.86. The second kappa shape index (κ2) is 10.1. The minimum Gasteiger partial charge on any atom is -0.454 e. The molecule has 0 radical (unpaired) electrons. The third-order valence-electron chi connectivity index (χ3n) is 5.17. The van der Waals surface area contributed by atoms with Crippen LogP contribution in [0.4, 0.5) is 5.69 Å². The van der Waals surface area contributed by atoms with Crippen LogP contribution in [0.15, 0.2) is 47.4 Å². The van der Waals surface area contributed by atoms with Crippen LogP contribution < -0.4 is 10.0 Å². The molecule has 2 aromatic carbocycles. The lowest BCUT2D eigenvalue weighted by molar-refractivity contribution is -0.146. The first-order chi connectivity index (χ1) is 15.2. The lowest BCUT2D eigenvalue weighted by atomic mass is 10.0. The predicted octanol–water partition coefficient (Wildman–Crippen LogP) is 2.62. The first kappa shape index (κ1) is 23.6. The van der Waals surface area contributed by atoms with Crippen molar-refractivity contribution in [1.82, 2.24) is 4.72 Å². The third kappa shape index (κ3) is 6.02. The average Bonchev–Trinajstić information content (AvgIpc) is 3.20. The van der Waals surface area contributed by atoms with Gasteiger partial charge in [-0.15, -0.1) is 0 Å². The van der Waals surface area contributed by atoms with Gasteiger partial charge in [-0.25, -0.2) is 13.1 Å². The van der Waals surface area contributed by atoms with Crippen LogP contribution in [0.2, 0.25) is 0 Å². The molecule has 0 aromatic heterocycles. The highest BCUT2D eigenvalue weighted by Gasteiger charge is 2.22. The first-order valence-electron chi connectivity index (χ1n) is 10.4. The maximum atomic E-state index is 12.6. The Morgan fingerprint density at radius 3 is 2.41 bits per heavy atom. The molecule has 0 heterocycles. The largest absolute Gasteiger partial charge is 0.454 e. The number of benzene rings is 2. The normalized spacial score (nSPS) is 13.8. The molecule has 1 aliphatic carbocycles. The number of hydrogen-bond donors (Lipinski definition) is 2. The number of ether oxygens (including phenoxy) is 1. The quantitative estimate of drug-likeness (QED) is 0.440. The predicted molar refractivity (Wildman–Crippen MR) is 119 cm³/mol. The number of sulfonamides is 1. The van der Waals surface area contributed by atoms with Gasteiger partial charge in [0.05, 0.1) is 11.3 Å². The van der Waals surface area contributed by atoms with Gasteiger partial charge < -0.3 is 10.1 Å². The molecule has 2 aromatic rings. The fourth-order valence-electron chi connectivity index (χ4n) is 3.56. The molecule has 3 rings (SSSR count). The number of ketones is 1. The van der Waals surface area contributed by atoms with Gasteiger partial charge in [-0.2, -0.15) is 0 Å². The molecule has 0 fully saturated rings. The fourth-order valence-corrected chi connectivity index (χ4v) is 4.59. The monoisotopic (exact) mass is 458 g/mol. The van der Waals surface area contributed by atoms with E-state index in [0.29, 0.717) is 11.3 Å². The van der Waals surface area contributed by atoms with Crippen molar-refractivity contribution in [3.8, 4) is 0 Å². The van der Waals surface area contributed by atoms with Gasteiger partial charge in [-0.05, 0) is 67.6 Å². The van der Waals surface area contributed by atoms with Crippen molar-refractivity contribution in [1.29, 1.82) is 0 Å². The van der Waals surface area contributed by atoms with Crippen LogP contribution in [-0.4, -0.2) is 38.7 Å². The molecule has 0 aliphatic heterocycles. The third-order valence-corrected chi connectivity index (χ3v) is 6.64. The molecule has 32 heavy (non-hydrogen) atoms. The minimum atomic E-state index is -3.83. The first-order valence-corrected chi connectivity index (χ1v) is 11.9. The van der Waals surface area contributed by atoms with E-state index in [0.717, 1.165) is 24.8 Å². The van der Waals surface area contributed by atoms with E-state index in [1.165, 1.54) is 43.7 Å². The summed E-state index contributed by atoms with van der Waals surface area (Å²) in [5.41, 5.74) is 3.40. The lowest BCUT2D eigenvalue weighted by Gasteiger charge is -2.13. The summed E-state index contributed by atoms with van der Waals surface area (Å²) < 4.78 is 32.2. The molecule has 1 amide bonds. The Morgan fingerprint density at radius 2 is 1.72 bits per heavy atom. The van der Waals surface area contributed by atoms with Crippen LogP contribution >= 0.6 is 0 Å². The molecule has 1 aliphatic rings. The van der Waals surface area contributed by atoms with E-state index in [1.54, 1.807) is 6.07 Å². The fraction of sp³-hybridized carbons (Fsp3) is 0.348. The molecule has 0 saturated carbocycles. The topological polar surface area (TPSA) is 119 Å². The maximum absolute atomic E-state index is 12.6. The van der Waals surface area contributed by atoms with Crippen LogP contribution in [0.1, 0.15) is 48.2 Å². The number of carbonyl (C=O) groups is 3. The van der Waals surface area contributed by atoms with Gasteiger partial charge in [0.1, 0.15) is 0 Å². The van der Waals surface area contributed by atoms with Crippen LogP contribution in [0.25, 0.3) is 0 Å². The van der Waals surface area contributed by atoms with E-state index in [-0.39, 0.29) is 29.6 Å². The number of aryl methyl sites for hydroxylation is 2. The maximum Gasteiger partial charge on any atom is 0.307 e. The smallest absolute Gasteiger partial charge is 0.307 e. The van der Waals surface area contributed by atoms with Gasteiger partial charge in [0.2, 0.25) is 21.7 Å². The van der Waals surface area contributed by atoms with Crippen molar-refractivity contribution in [2.75, 3.05) is 11.9 Å². The molecular weight excluding hydrogens is 432 g/mol. The Labute approximate surface area is 187 Å². The van der Waals surface area contributed by atoms with E-state index in [4.69, 9.17) is 4.74 Å². The number of rotatable bonds is 9. The number of fused-ring (bicyclic) bond motifs is 1. The Bertz CT molecular complexity index is 1130. The van der Waals surface area contributed by atoms with Crippen molar-refractivity contribution < 1.29 is 27.5 Å². The molecule has 0 spiro atoms. The van der Waals surface area contributed by atoms with Crippen LogP contribution in [0.3, 0.4) is 0 Å². The van der Waals surface area contributed by atoms with Crippen molar-refractivity contribution in [3.63, 3.8) is 0 Å². The van der Waals surface area contributed by atoms with E-state index in [9.17, 15) is 22.8 Å². The van der Waals surface area contributed by atoms with Gasteiger partial charge in [0, 0.05) is 24.7 Å². The number of carbonyl (C=O) groups excluding carboxylic acids is 3. The number of amides is 1. The SMILES string of the molecule is CC(=O)Nc1ccc(S(=O)(=O)NCCC(=O)OC(C)C(=O)c2ccc3c(c2)CCC3)cc1. The molecule has 0 bridgehead atoms. The highest BCUT2D eigenvalue weighted by molar-refractivity contribution is 7.89. The Kier molecular flexibility index (Phi) is 7.42. The molecule has 9 heteroatoms. The van der Waals surface area contributed by atoms with E-state index in [2.05, 4.69) is 10.0 Å². The minimum absolute atomic E-state index is 0.000116. The Balaban J connectivity index is 1.48. The van der Waals surface area contributed by atoms with E-state index in [1.807, 2.05) is 12.1 Å². The Hall–Kier alpha value is -3.04. The Morgan fingerprint density at radius 1 is 1.03 bits per heavy atom. The number of Topliss-reactive ketones (excluding diaryl/α,β-unsaturated/α-hetero) is 1. The van der Waals surface area contributed by atoms with Crippen LogP contribution in [-0.2, 0) is 37.2 Å². The van der Waals surface area contributed by atoms with Crippen molar-refractivity contribution in [2.45, 2.75) is 50.5 Å². The van der Waals surface area contributed by atoms with Crippen LogP contribution in [0, 0.1) is 0 Å². The molecule has 170 valence electrons. The molecule has 0 saturated heterocycles. The number of nitrogens with one attached hydrogen (secondary N) is 2. The second-order valence-electron chi connectivity index (χ2n) is 7.69. The molecule has 1 atom stereocenters. The van der Waals surface area contributed by atoms with Gasteiger partial charge in [0.15, 0.2) is 6.10 Å². The summed E-state index contributed by atoms with van der Waals surface area (Å²) in [6.45, 7) is 2.69. The summed E-state index contributed by atoms with van der Waals surface area (Å²) >= 11 is 0. The van der Waals surface area contributed by atoms with E-state index >= 15 is 0 Å². The zero-order valence-corrected chi connectivity index (χ0v) is 18.8. The average molecular weight is 459 g/mol. The van der Waals surface area contributed by atoms with Crippen molar-refractivity contribution in [3.05, 3.63) is 59.2 Å². The number of hydrogen-bond acceptors (Lipinski definition) is 6. The van der Waals surface area contributed by atoms with Crippen molar-refractivity contribution in [2.24, 2.45) is 0 Å². The summed E-state index contributed by atoms with van der Waals surface area (Å²) in [5.74, 6) is -1.22. The molecule has 1 unspecified atom stereocenters. The van der Waals surface area contributed by atoms with E-state index < -0.39 is 22.1 Å². The summed E-state index contributed by atoms with van der Waals surface area (Å²) in [7, 11) is -3.83. The summed E-state index contributed by atoms with van der Waals surface area (Å²) in [5, 5.41) is 2.55. The standard InChI is InChI=1S/C23H26N2O6S/c1-15(23(28)19-7-6-17-4-3-5-18(17)14-19)31-22(27)12-13-24-32(29,30)21-10-8-20(9-11-21)25-16(2)26/h6-11,14-15,24H,3-5,12-13H2,1-2H3,(H,25,26).